The first-order valence-electron chi connectivity index (χ1n) is 7.67. The highest BCUT2D eigenvalue weighted by Crippen LogP contribution is 2.36. The van der Waals surface area contributed by atoms with Crippen molar-refractivity contribution in [2.24, 2.45) is 0 Å². The highest BCUT2D eigenvalue weighted by Gasteiger charge is 2.22. The summed E-state index contributed by atoms with van der Waals surface area (Å²) in [4.78, 5) is 4.25. The number of nitrogens with zero attached hydrogens (tertiary/aromatic N) is 3. The van der Waals surface area contributed by atoms with E-state index in [9.17, 15) is 15.6 Å². The van der Waals surface area contributed by atoms with Crippen LogP contribution in [0.4, 0.5) is 5.82 Å². The van der Waals surface area contributed by atoms with Gasteiger partial charge < -0.3 is 15.3 Å². The molecule has 26 heavy (non-hydrogen) atoms. The third-order valence-corrected chi connectivity index (χ3v) is 4.78. The second-order valence-corrected chi connectivity index (χ2v) is 6.36. The predicted molar refractivity (Wildman–Crippen MR) is 97.7 cm³/mol. The molecule has 7 heteroatoms. The van der Waals surface area contributed by atoms with Gasteiger partial charge in [0.2, 0.25) is 0 Å². The summed E-state index contributed by atoms with van der Waals surface area (Å²) in [5, 5.41) is 28.8. The van der Waals surface area contributed by atoms with Crippen molar-refractivity contribution in [3.8, 4) is 23.5 Å². The Hall–Kier alpha value is -3.26. The molecule has 0 bridgehead atoms. The summed E-state index contributed by atoms with van der Waals surface area (Å²) in [6.07, 6.45) is 1.47. The van der Waals surface area contributed by atoms with Gasteiger partial charge in [0, 0.05) is 5.75 Å². The first-order valence-corrected chi connectivity index (χ1v) is 8.65. The topological polar surface area (TPSA) is 120 Å². The van der Waals surface area contributed by atoms with E-state index in [4.69, 9.17) is 10.2 Å². The smallest absolute Gasteiger partial charge is 0.143 e. The van der Waals surface area contributed by atoms with Crippen molar-refractivity contribution in [1.82, 2.24) is 4.98 Å². The van der Waals surface area contributed by atoms with E-state index >= 15 is 0 Å². The van der Waals surface area contributed by atoms with Crippen molar-refractivity contribution < 1.29 is 9.52 Å². The Bertz CT molecular complexity index is 1020. The van der Waals surface area contributed by atoms with Gasteiger partial charge in [-0.15, -0.1) is 11.8 Å². The van der Waals surface area contributed by atoms with Crippen LogP contribution in [0.1, 0.15) is 22.3 Å². The van der Waals surface area contributed by atoms with Crippen LogP contribution in [0.25, 0.3) is 11.3 Å². The van der Waals surface area contributed by atoms with Gasteiger partial charge in [-0.25, -0.2) is 4.98 Å². The van der Waals surface area contributed by atoms with Gasteiger partial charge in [-0.05, 0) is 23.3 Å². The lowest BCUT2D eigenvalue weighted by Gasteiger charge is -2.11. The molecule has 2 aromatic heterocycles. The van der Waals surface area contributed by atoms with E-state index in [2.05, 4.69) is 11.1 Å². The number of nitriles is 2. The van der Waals surface area contributed by atoms with Gasteiger partial charge in [-0.1, -0.05) is 24.3 Å². The lowest BCUT2D eigenvalue weighted by molar-refractivity contribution is 0.282. The summed E-state index contributed by atoms with van der Waals surface area (Å²) < 4.78 is 5.39. The Morgan fingerprint density at radius 1 is 1.12 bits per heavy atom. The highest BCUT2D eigenvalue weighted by atomic mass is 32.2. The summed E-state index contributed by atoms with van der Waals surface area (Å²) >= 11 is 1.34. The van der Waals surface area contributed by atoms with Crippen LogP contribution in [0.5, 0.6) is 0 Å². The lowest BCUT2D eigenvalue weighted by atomic mass is 10.0. The molecular formula is C19H14N4O2S. The molecule has 0 atom stereocenters. The van der Waals surface area contributed by atoms with E-state index in [0.717, 1.165) is 11.1 Å². The van der Waals surface area contributed by atoms with E-state index in [-0.39, 0.29) is 23.6 Å². The molecule has 0 amide bonds. The Morgan fingerprint density at radius 3 is 2.54 bits per heavy atom. The third kappa shape index (κ3) is 3.40. The van der Waals surface area contributed by atoms with E-state index in [1.165, 1.54) is 18.0 Å². The molecule has 1 aromatic carbocycles. The fraction of sp³-hybridized carbons (Fsp3) is 0.105. The number of nitrogen functional groups attached to an aromatic ring is 1. The van der Waals surface area contributed by atoms with Crippen molar-refractivity contribution in [1.29, 1.82) is 10.5 Å². The van der Waals surface area contributed by atoms with Gasteiger partial charge in [-0.2, -0.15) is 10.5 Å². The van der Waals surface area contributed by atoms with E-state index in [1.807, 2.05) is 30.3 Å². The Balaban J connectivity index is 2.02. The van der Waals surface area contributed by atoms with E-state index < -0.39 is 0 Å². The number of furan rings is 1. The molecule has 128 valence electrons. The molecule has 0 unspecified atom stereocenters. The predicted octanol–water partition coefficient (Wildman–Crippen LogP) is 3.45. The summed E-state index contributed by atoms with van der Waals surface area (Å²) in [6.45, 7) is -0.0351. The standard InChI is InChI=1S/C19H14N4O2S/c20-8-14-17(16-5-2-6-25-16)15(9-21)19(23-18(14)22)26-11-13-4-1-3-12(7-13)10-24/h1-7,24H,10-11H2,(H2,22,23). The van der Waals surface area contributed by atoms with Gasteiger partial charge >= 0.3 is 0 Å². The number of hydrogen-bond acceptors (Lipinski definition) is 7. The first kappa shape index (κ1) is 17.6. The molecular weight excluding hydrogens is 348 g/mol. The number of aliphatic hydroxyl groups excluding tert-OH is 1. The number of nitrogens with two attached hydrogens (primary N) is 1. The van der Waals surface area contributed by atoms with Crippen molar-refractivity contribution in [3.05, 3.63) is 64.9 Å². The van der Waals surface area contributed by atoms with Crippen molar-refractivity contribution >= 4 is 17.6 Å². The van der Waals surface area contributed by atoms with Crippen molar-refractivity contribution in [2.75, 3.05) is 5.73 Å². The molecule has 0 aliphatic rings. The number of aromatic nitrogens is 1. The number of hydrogen-bond donors (Lipinski definition) is 2. The van der Waals surface area contributed by atoms with Crippen LogP contribution < -0.4 is 5.73 Å². The Kier molecular flexibility index (Phi) is 5.23. The Labute approximate surface area is 154 Å². The maximum absolute atomic E-state index is 9.66. The number of benzene rings is 1. The number of pyridine rings is 1. The van der Waals surface area contributed by atoms with E-state index in [1.54, 1.807) is 12.1 Å². The molecule has 0 aliphatic heterocycles. The fourth-order valence-electron chi connectivity index (χ4n) is 2.54. The van der Waals surface area contributed by atoms with Gasteiger partial charge in [-0.3, -0.25) is 0 Å². The van der Waals surface area contributed by atoms with Gasteiger partial charge in [0.25, 0.3) is 0 Å². The van der Waals surface area contributed by atoms with Crippen molar-refractivity contribution in [2.45, 2.75) is 17.4 Å². The minimum atomic E-state index is -0.0351. The van der Waals surface area contributed by atoms with Gasteiger partial charge in [0.05, 0.1) is 24.0 Å². The van der Waals surface area contributed by atoms with Crippen LogP contribution in [0.3, 0.4) is 0 Å². The Morgan fingerprint density at radius 2 is 1.88 bits per heavy atom. The van der Waals surface area contributed by atoms with Crippen LogP contribution in [0, 0.1) is 22.7 Å². The molecule has 6 nitrogen and oxygen atoms in total. The molecule has 2 heterocycles. The second kappa shape index (κ2) is 7.75. The summed E-state index contributed by atoms with van der Waals surface area (Å²) in [5.74, 6) is 0.999. The molecule has 0 radical (unpaired) electrons. The van der Waals surface area contributed by atoms with Gasteiger partial charge in [0.1, 0.15) is 34.3 Å². The molecule has 3 aromatic rings. The zero-order valence-corrected chi connectivity index (χ0v) is 14.5. The minimum Gasteiger partial charge on any atom is -0.464 e. The molecule has 0 spiro atoms. The molecule has 3 rings (SSSR count). The SMILES string of the molecule is N#Cc1c(N)nc(SCc2cccc(CO)c2)c(C#N)c1-c1ccco1. The molecule has 0 saturated carbocycles. The molecule has 0 saturated heterocycles. The largest absolute Gasteiger partial charge is 0.464 e. The van der Waals surface area contributed by atoms with Crippen LogP contribution in [0.15, 0.2) is 52.1 Å². The monoisotopic (exact) mass is 362 g/mol. The maximum atomic E-state index is 9.66. The molecule has 0 fully saturated rings. The van der Waals surface area contributed by atoms with Crippen LogP contribution in [0.2, 0.25) is 0 Å². The highest BCUT2D eigenvalue weighted by molar-refractivity contribution is 7.98. The zero-order valence-electron chi connectivity index (χ0n) is 13.6. The van der Waals surface area contributed by atoms with Crippen molar-refractivity contribution in [3.63, 3.8) is 0 Å². The average molecular weight is 362 g/mol. The van der Waals surface area contributed by atoms with Crippen LogP contribution in [-0.2, 0) is 12.4 Å². The normalized spacial score (nSPS) is 10.3. The quantitative estimate of drug-likeness (QED) is 0.667. The molecule has 3 N–H and O–H groups in total. The number of rotatable bonds is 5. The maximum Gasteiger partial charge on any atom is 0.143 e. The van der Waals surface area contributed by atoms with Crippen LogP contribution >= 0.6 is 11.8 Å². The first-order chi connectivity index (χ1) is 12.7. The lowest BCUT2D eigenvalue weighted by Crippen LogP contribution is -2.03. The van der Waals surface area contributed by atoms with Gasteiger partial charge in [0.15, 0.2) is 0 Å². The summed E-state index contributed by atoms with van der Waals surface area (Å²) in [5.41, 5.74) is 8.49. The third-order valence-electron chi connectivity index (χ3n) is 3.73. The van der Waals surface area contributed by atoms with E-state index in [0.29, 0.717) is 22.1 Å². The fourth-order valence-corrected chi connectivity index (χ4v) is 3.48. The minimum absolute atomic E-state index is 0.0351. The number of anilines is 1. The second-order valence-electron chi connectivity index (χ2n) is 5.39. The number of aliphatic hydroxyl groups is 1. The zero-order chi connectivity index (χ0) is 18.5. The van der Waals surface area contributed by atoms with Crippen LogP contribution in [-0.4, -0.2) is 10.1 Å². The number of thioether (sulfide) groups is 1. The molecule has 0 aliphatic carbocycles. The average Bonchev–Trinajstić information content (AvgIpc) is 3.20. The summed E-state index contributed by atoms with van der Waals surface area (Å²) in [7, 11) is 0. The summed E-state index contributed by atoms with van der Waals surface area (Å²) in [6, 6.07) is 15.0.